The van der Waals surface area contributed by atoms with Gasteiger partial charge in [-0.3, -0.25) is 0 Å². The van der Waals surface area contributed by atoms with Crippen molar-refractivity contribution in [3.63, 3.8) is 0 Å². The smallest absolute Gasteiger partial charge is 0.218 e. The Morgan fingerprint density at radius 3 is 1.93 bits per heavy atom. The summed E-state index contributed by atoms with van der Waals surface area (Å²) in [6, 6.07) is 8.98. The Morgan fingerprint density at radius 1 is 0.900 bits per heavy atom. The quantitative estimate of drug-likeness (QED) is 0.432. The topological polar surface area (TPSA) is 34.1 Å². The summed E-state index contributed by atoms with van der Waals surface area (Å²) >= 11 is 2.94. The second kappa shape index (κ2) is 7.02. The fourth-order valence-corrected chi connectivity index (χ4v) is 4.71. The summed E-state index contributed by atoms with van der Waals surface area (Å²) in [6.07, 6.45) is 1.07. The molecule has 1 saturated carbocycles. The third-order valence-electron chi connectivity index (χ3n) is 5.29. The number of allylic oxidation sites excluding steroid dienone is 4. The molecule has 1 spiro atoms. The highest BCUT2D eigenvalue weighted by Crippen LogP contribution is 2.58. The average Bonchev–Trinajstić information content (AvgIpc) is 3.32. The summed E-state index contributed by atoms with van der Waals surface area (Å²) in [6.45, 7) is 0. The summed E-state index contributed by atoms with van der Waals surface area (Å²) in [7, 11) is -4.72. The van der Waals surface area contributed by atoms with E-state index in [1.165, 1.54) is 18.2 Å². The van der Waals surface area contributed by atoms with E-state index in [1.807, 2.05) is 12.2 Å². The first kappa shape index (κ1) is 21.2. The van der Waals surface area contributed by atoms with Crippen molar-refractivity contribution >= 4 is 36.9 Å². The molecule has 0 aromatic heterocycles. The summed E-state index contributed by atoms with van der Waals surface area (Å²) < 4.78 is 88.7. The minimum atomic E-state index is -4.72. The van der Waals surface area contributed by atoms with Gasteiger partial charge in [-0.15, -0.1) is 0 Å². The molecule has 0 bridgehead atoms. The van der Waals surface area contributed by atoms with Gasteiger partial charge < -0.3 is 0 Å². The van der Waals surface area contributed by atoms with E-state index in [0.717, 1.165) is 31.0 Å². The first-order valence-electron chi connectivity index (χ1n) is 8.89. The van der Waals surface area contributed by atoms with Gasteiger partial charge in [0.25, 0.3) is 0 Å². The minimum absolute atomic E-state index is 0.0643. The van der Waals surface area contributed by atoms with E-state index in [2.05, 4.69) is 15.9 Å². The van der Waals surface area contributed by atoms with Gasteiger partial charge in [0, 0.05) is 9.89 Å². The van der Waals surface area contributed by atoms with Crippen LogP contribution in [0.25, 0.3) is 11.1 Å². The molecule has 0 saturated heterocycles. The SMILES string of the molecule is O=S(=O)(c1ccc(C2=CC3(C=C2c2ccc(Br)c(C(F)(F)F)c2)CC3)cc1)C(F)F. The van der Waals surface area contributed by atoms with Crippen molar-refractivity contribution in [2.75, 3.05) is 0 Å². The second-order valence-electron chi connectivity index (χ2n) is 7.37. The van der Waals surface area contributed by atoms with Crippen LogP contribution in [0.5, 0.6) is 0 Å². The third kappa shape index (κ3) is 3.73. The Balaban J connectivity index is 1.76. The first-order chi connectivity index (χ1) is 13.9. The fourth-order valence-electron chi connectivity index (χ4n) is 3.52. The van der Waals surface area contributed by atoms with Gasteiger partial charge in [0.2, 0.25) is 9.84 Å². The van der Waals surface area contributed by atoms with Crippen molar-refractivity contribution in [2.24, 2.45) is 5.41 Å². The van der Waals surface area contributed by atoms with Crippen LogP contribution < -0.4 is 0 Å². The summed E-state index contributed by atoms with van der Waals surface area (Å²) in [5, 5.41) is 0. The molecule has 2 aliphatic rings. The van der Waals surface area contributed by atoms with E-state index < -0.39 is 32.2 Å². The lowest BCUT2D eigenvalue weighted by atomic mass is 9.94. The Bertz CT molecular complexity index is 1170. The maximum atomic E-state index is 13.3. The summed E-state index contributed by atoms with van der Waals surface area (Å²) in [5.41, 5.74) is 1.18. The van der Waals surface area contributed by atoms with Crippen LogP contribution in [0.4, 0.5) is 22.0 Å². The minimum Gasteiger partial charge on any atom is -0.218 e. The van der Waals surface area contributed by atoms with Crippen molar-refractivity contribution < 1.29 is 30.4 Å². The van der Waals surface area contributed by atoms with Crippen molar-refractivity contribution in [3.8, 4) is 0 Å². The Morgan fingerprint density at radius 2 is 1.43 bits per heavy atom. The molecule has 0 atom stereocenters. The molecular weight excluding hydrogens is 491 g/mol. The van der Waals surface area contributed by atoms with Crippen LogP contribution in [0, 0.1) is 5.41 Å². The van der Waals surface area contributed by atoms with Crippen molar-refractivity contribution in [1.29, 1.82) is 0 Å². The molecular formula is C21H14BrF5O2S. The van der Waals surface area contributed by atoms with Gasteiger partial charge in [-0.25, -0.2) is 8.42 Å². The van der Waals surface area contributed by atoms with Crippen molar-refractivity contribution in [2.45, 2.75) is 29.7 Å². The molecule has 0 radical (unpaired) electrons. The molecule has 0 unspecified atom stereocenters. The maximum absolute atomic E-state index is 13.3. The Kier molecular flexibility index (Phi) is 4.97. The predicted molar refractivity (Wildman–Crippen MR) is 106 cm³/mol. The third-order valence-corrected chi connectivity index (χ3v) is 7.38. The van der Waals surface area contributed by atoms with Gasteiger partial charge in [0.05, 0.1) is 10.5 Å². The van der Waals surface area contributed by atoms with Crippen LogP contribution >= 0.6 is 15.9 Å². The zero-order valence-electron chi connectivity index (χ0n) is 15.2. The molecule has 0 heterocycles. The van der Waals surface area contributed by atoms with Crippen molar-refractivity contribution in [3.05, 3.63) is 75.8 Å². The maximum Gasteiger partial charge on any atom is 0.417 e. The summed E-state index contributed by atoms with van der Waals surface area (Å²) in [5.74, 6) is -3.53. The van der Waals surface area contributed by atoms with E-state index in [0.29, 0.717) is 22.3 Å². The van der Waals surface area contributed by atoms with Gasteiger partial charge in [0.1, 0.15) is 0 Å². The number of halogens is 6. The number of rotatable bonds is 4. The van der Waals surface area contributed by atoms with Crippen LogP contribution in [-0.2, 0) is 16.0 Å². The highest BCUT2D eigenvalue weighted by Gasteiger charge is 2.43. The lowest BCUT2D eigenvalue weighted by Crippen LogP contribution is -2.11. The highest BCUT2D eigenvalue weighted by molar-refractivity contribution is 9.10. The molecule has 4 rings (SSSR count). The largest absolute Gasteiger partial charge is 0.417 e. The van der Waals surface area contributed by atoms with E-state index in [4.69, 9.17) is 0 Å². The lowest BCUT2D eigenvalue weighted by Gasteiger charge is -2.14. The molecule has 0 amide bonds. The van der Waals surface area contributed by atoms with Gasteiger partial charge in [0.15, 0.2) is 0 Å². The molecule has 9 heteroatoms. The van der Waals surface area contributed by atoms with E-state index in [1.54, 1.807) is 6.07 Å². The second-order valence-corrected chi connectivity index (χ2v) is 10.1. The standard InChI is InChI=1S/C21H14BrF5O2S/c22-18-6-3-13(9-17(18)21(25,26)27)16-11-20(7-8-20)10-15(16)12-1-4-14(5-2-12)30(28,29)19(23)24/h1-6,9-11,19H,7-8H2. The van der Waals surface area contributed by atoms with Crippen LogP contribution in [-0.4, -0.2) is 14.2 Å². The zero-order chi connectivity index (χ0) is 21.9. The molecule has 1 fully saturated rings. The Labute approximate surface area is 178 Å². The van der Waals surface area contributed by atoms with E-state index in [-0.39, 0.29) is 9.89 Å². The van der Waals surface area contributed by atoms with Crippen LogP contribution in [0.15, 0.2) is 64.0 Å². The number of benzene rings is 2. The molecule has 158 valence electrons. The highest BCUT2D eigenvalue weighted by atomic mass is 79.9. The molecule has 2 nitrogen and oxygen atoms in total. The zero-order valence-corrected chi connectivity index (χ0v) is 17.6. The average molecular weight is 505 g/mol. The van der Waals surface area contributed by atoms with E-state index in [9.17, 15) is 30.4 Å². The van der Waals surface area contributed by atoms with Gasteiger partial charge in [-0.1, -0.05) is 46.3 Å². The number of alkyl halides is 5. The molecule has 2 aromatic carbocycles. The monoisotopic (exact) mass is 504 g/mol. The van der Waals surface area contributed by atoms with Gasteiger partial charge in [-0.2, -0.15) is 22.0 Å². The number of sulfone groups is 1. The van der Waals surface area contributed by atoms with Gasteiger partial charge in [-0.05, 0) is 59.4 Å². The van der Waals surface area contributed by atoms with E-state index >= 15 is 0 Å². The normalized spacial score (nSPS) is 18.0. The Hall–Kier alpha value is -2.00. The fraction of sp³-hybridized carbons (Fsp3) is 0.238. The molecule has 2 aromatic rings. The molecule has 0 aliphatic heterocycles. The molecule has 0 N–H and O–H groups in total. The van der Waals surface area contributed by atoms with Crippen LogP contribution in [0.2, 0.25) is 0 Å². The van der Waals surface area contributed by atoms with Crippen molar-refractivity contribution in [1.82, 2.24) is 0 Å². The first-order valence-corrected chi connectivity index (χ1v) is 11.2. The lowest BCUT2D eigenvalue weighted by molar-refractivity contribution is -0.138. The summed E-state index contributed by atoms with van der Waals surface area (Å²) in [4.78, 5) is -0.505. The molecule has 2 aliphatic carbocycles. The van der Waals surface area contributed by atoms with Crippen LogP contribution in [0.1, 0.15) is 29.5 Å². The number of hydrogen-bond acceptors (Lipinski definition) is 2. The van der Waals surface area contributed by atoms with Crippen LogP contribution in [0.3, 0.4) is 0 Å². The predicted octanol–water partition coefficient (Wildman–Crippen LogP) is 6.73. The molecule has 30 heavy (non-hydrogen) atoms. The van der Waals surface area contributed by atoms with Gasteiger partial charge >= 0.3 is 11.9 Å². The number of hydrogen-bond donors (Lipinski definition) is 0.